The molecule has 1 aliphatic rings. The van der Waals surface area contributed by atoms with Crippen LogP contribution in [0.5, 0.6) is 0 Å². The van der Waals surface area contributed by atoms with Gasteiger partial charge in [-0.2, -0.15) is 0 Å². The minimum atomic E-state index is -1.91. The number of piperidine rings is 1. The van der Waals surface area contributed by atoms with Crippen LogP contribution in [-0.4, -0.2) is 29.9 Å². The van der Waals surface area contributed by atoms with Crippen molar-refractivity contribution in [3.8, 4) is 0 Å². The monoisotopic (exact) mass is 332 g/mol. The van der Waals surface area contributed by atoms with E-state index in [1.807, 2.05) is 11.3 Å². The van der Waals surface area contributed by atoms with Gasteiger partial charge in [-0.05, 0) is 0 Å². The second-order valence-corrected chi connectivity index (χ2v) is 21.4. The van der Waals surface area contributed by atoms with Crippen molar-refractivity contribution in [2.24, 2.45) is 0 Å². The molecule has 2 heterocycles. The predicted octanol–water partition coefficient (Wildman–Crippen LogP) is 2.50. The summed E-state index contributed by atoms with van der Waals surface area (Å²) in [6, 6.07) is 0.539. The molecule has 2 rings (SSSR count). The van der Waals surface area contributed by atoms with Crippen molar-refractivity contribution in [1.82, 2.24) is 10.3 Å². The van der Waals surface area contributed by atoms with Gasteiger partial charge in [-0.25, -0.2) is 0 Å². The van der Waals surface area contributed by atoms with Crippen molar-refractivity contribution >= 4 is 32.7 Å². The second kappa shape index (κ2) is 4.72. The molecular weight excluding hydrogens is 311 g/mol. The van der Waals surface area contributed by atoms with E-state index in [1.54, 1.807) is 0 Å². The molecule has 1 saturated heterocycles. The Hall–Kier alpha value is 0.389. The molecule has 84 valence electrons. The average molecular weight is 331 g/mol. The summed E-state index contributed by atoms with van der Waals surface area (Å²) in [6.07, 6.45) is 3.94. The Morgan fingerprint density at radius 1 is 1.40 bits per heavy atom. The van der Waals surface area contributed by atoms with Crippen LogP contribution in [0.3, 0.4) is 0 Å². The quantitative estimate of drug-likeness (QED) is 0.843. The molecule has 0 radical (unpaired) electrons. The summed E-state index contributed by atoms with van der Waals surface area (Å²) in [7, 11) is 0. The van der Waals surface area contributed by atoms with Crippen LogP contribution in [0.4, 0.5) is 0 Å². The van der Waals surface area contributed by atoms with Crippen molar-refractivity contribution in [2.75, 3.05) is 6.54 Å². The van der Waals surface area contributed by atoms with Crippen LogP contribution in [-0.2, 0) is 0 Å². The molecule has 0 amide bonds. The number of hydrogen-bond acceptors (Lipinski definition) is 3. The van der Waals surface area contributed by atoms with E-state index in [1.165, 1.54) is 28.0 Å². The maximum atomic E-state index is 4.85. The van der Waals surface area contributed by atoms with E-state index in [0.717, 1.165) is 6.54 Å². The van der Waals surface area contributed by atoms with E-state index in [2.05, 4.69) is 25.5 Å². The van der Waals surface area contributed by atoms with Gasteiger partial charge in [-0.15, -0.1) is 0 Å². The third-order valence-corrected chi connectivity index (χ3v) is 12.6. The van der Waals surface area contributed by atoms with Gasteiger partial charge >= 0.3 is 101 Å². The van der Waals surface area contributed by atoms with E-state index in [4.69, 9.17) is 4.98 Å². The molecule has 15 heavy (non-hydrogen) atoms. The Labute approximate surface area is 100 Å². The number of thiazole rings is 1. The minimum absolute atomic E-state index is 0.539. The Morgan fingerprint density at radius 2 is 2.20 bits per heavy atom. The summed E-state index contributed by atoms with van der Waals surface area (Å²) in [4.78, 5) is 12.2. The molecule has 0 saturated carbocycles. The topological polar surface area (TPSA) is 24.9 Å². The van der Waals surface area contributed by atoms with Crippen LogP contribution in [0.1, 0.15) is 31.0 Å². The maximum absolute atomic E-state index is 4.85. The Bertz CT molecular complexity index is 324. The SMILES string of the molecule is [CH3][Sn]([CH3])([CH3])[c]1nc(C2CCCCN2)cs1. The second-order valence-electron chi connectivity index (χ2n) is 5.33. The number of nitrogens with zero attached hydrogens (tertiary/aromatic N) is 1. The van der Waals surface area contributed by atoms with Gasteiger partial charge in [-0.1, -0.05) is 0 Å². The van der Waals surface area contributed by atoms with Gasteiger partial charge in [0, 0.05) is 0 Å². The van der Waals surface area contributed by atoms with Crippen molar-refractivity contribution < 1.29 is 0 Å². The van der Waals surface area contributed by atoms with Crippen LogP contribution < -0.4 is 8.34 Å². The average Bonchev–Trinajstić information content (AvgIpc) is 2.67. The van der Waals surface area contributed by atoms with E-state index in [-0.39, 0.29) is 0 Å². The fraction of sp³-hybridized carbons (Fsp3) is 0.727. The molecule has 1 unspecified atom stereocenters. The molecule has 1 fully saturated rings. The molecule has 2 nitrogen and oxygen atoms in total. The molecule has 0 spiro atoms. The first-order chi connectivity index (χ1) is 7.07. The van der Waals surface area contributed by atoms with Crippen LogP contribution in [0, 0.1) is 0 Å². The zero-order valence-electron chi connectivity index (χ0n) is 9.84. The van der Waals surface area contributed by atoms with Crippen molar-refractivity contribution in [1.29, 1.82) is 0 Å². The molecule has 1 aromatic heterocycles. The first-order valence-electron chi connectivity index (χ1n) is 5.76. The molecule has 0 bridgehead atoms. The molecule has 0 aromatic carbocycles. The van der Waals surface area contributed by atoms with Crippen LogP contribution in [0.15, 0.2) is 5.38 Å². The molecule has 1 aromatic rings. The van der Waals surface area contributed by atoms with E-state index in [0.29, 0.717) is 6.04 Å². The zero-order chi connectivity index (χ0) is 10.9. The van der Waals surface area contributed by atoms with Gasteiger partial charge in [0.1, 0.15) is 0 Å². The molecular formula is C11H20N2SSn. The first-order valence-corrected chi connectivity index (χ1v) is 16.6. The van der Waals surface area contributed by atoms with E-state index < -0.39 is 18.4 Å². The summed E-state index contributed by atoms with van der Waals surface area (Å²) >= 11 is -0.0149. The van der Waals surface area contributed by atoms with Crippen LogP contribution in [0.25, 0.3) is 0 Å². The zero-order valence-corrected chi connectivity index (χ0v) is 13.5. The molecule has 1 N–H and O–H groups in total. The van der Waals surface area contributed by atoms with Gasteiger partial charge < -0.3 is 0 Å². The van der Waals surface area contributed by atoms with Gasteiger partial charge in [-0.3, -0.25) is 0 Å². The van der Waals surface area contributed by atoms with Crippen LogP contribution >= 0.6 is 11.3 Å². The van der Waals surface area contributed by atoms with Gasteiger partial charge in [0.15, 0.2) is 0 Å². The standard InChI is InChI=1S/C8H11N2S.3CH3.Sn/c1-2-4-9-7(3-1)8-5-11-6-10-8;;;;/h5,7,9H,1-4H2;3*1H3;. The Kier molecular flexibility index (Phi) is 3.73. The summed E-state index contributed by atoms with van der Waals surface area (Å²) in [5, 5.41) is 5.85. The summed E-state index contributed by atoms with van der Waals surface area (Å²) in [5.41, 5.74) is 1.31. The summed E-state index contributed by atoms with van der Waals surface area (Å²) < 4.78 is 1.46. The summed E-state index contributed by atoms with van der Waals surface area (Å²) in [5.74, 6) is 0. The van der Waals surface area contributed by atoms with E-state index in [9.17, 15) is 0 Å². The molecule has 4 heteroatoms. The fourth-order valence-electron chi connectivity index (χ4n) is 1.89. The molecule has 1 aliphatic heterocycles. The van der Waals surface area contributed by atoms with Gasteiger partial charge in [0.25, 0.3) is 0 Å². The van der Waals surface area contributed by atoms with Gasteiger partial charge in [0.05, 0.1) is 0 Å². The normalized spacial score (nSPS) is 23.0. The number of hydrogen-bond donors (Lipinski definition) is 1. The van der Waals surface area contributed by atoms with E-state index >= 15 is 0 Å². The molecule has 1 atom stereocenters. The Balaban J connectivity index is 2.12. The van der Waals surface area contributed by atoms with Crippen molar-refractivity contribution in [3.05, 3.63) is 11.1 Å². The number of aromatic nitrogens is 1. The predicted molar refractivity (Wildman–Crippen MR) is 69.7 cm³/mol. The third-order valence-electron chi connectivity index (χ3n) is 2.83. The van der Waals surface area contributed by atoms with Crippen LogP contribution in [0.2, 0.25) is 14.8 Å². The fourth-order valence-corrected chi connectivity index (χ4v) is 7.71. The number of nitrogens with one attached hydrogen (secondary N) is 1. The summed E-state index contributed by atoms with van der Waals surface area (Å²) in [6.45, 7) is 1.16. The van der Waals surface area contributed by atoms with Crippen molar-refractivity contribution in [3.63, 3.8) is 0 Å². The van der Waals surface area contributed by atoms with Gasteiger partial charge in [0.2, 0.25) is 0 Å². The Morgan fingerprint density at radius 3 is 2.73 bits per heavy atom. The van der Waals surface area contributed by atoms with Crippen molar-refractivity contribution in [2.45, 2.75) is 40.1 Å². The molecule has 0 aliphatic carbocycles. The number of rotatable bonds is 2. The third kappa shape index (κ3) is 2.94. The first kappa shape index (κ1) is 11.9.